The third-order valence-electron chi connectivity index (χ3n) is 7.55. The molecule has 4 rings (SSSR count). The van der Waals surface area contributed by atoms with Gasteiger partial charge in [-0.3, -0.25) is 0 Å². The lowest BCUT2D eigenvalue weighted by Crippen LogP contribution is -2.43. The molecule has 0 amide bonds. The van der Waals surface area contributed by atoms with Crippen molar-refractivity contribution in [1.29, 1.82) is 0 Å². The standard InChI is InChI=1S/C25H35F3O3/c1-2-3-4-16-5-7-17(8-6-16)20-14-30-25(31-15-20)18-9-10-23(29-13-18)19-11-21(26)24(28)22(27)12-19/h11-12,16-18,20,23,25H,2-10,13-15H2,1H3. The molecule has 2 aliphatic heterocycles. The number of ether oxygens (including phenoxy) is 3. The van der Waals surface area contributed by atoms with Gasteiger partial charge < -0.3 is 14.2 Å². The number of benzene rings is 1. The Balaban J connectivity index is 1.20. The SMILES string of the molecule is CCCCC1CCC(C2COC(C3CCC(c4cc(F)c(F)c(F)c4)OC3)OC2)CC1. The Hall–Kier alpha value is -1.11. The highest BCUT2D eigenvalue weighted by Gasteiger charge is 2.36. The largest absolute Gasteiger partial charge is 0.373 e. The Morgan fingerprint density at radius 1 is 0.774 bits per heavy atom. The molecule has 2 heterocycles. The number of hydrogen-bond acceptors (Lipinski definition) is 3. The van der Waals surface area contributed by atoms with Gasteiger partial charge in [0.15, 0.2) is 23.7 Å². The second-order valence-corrected chi connectivity index (χ2v) is 9.68. The molecule has 0 radical (unpaired) electrons. The minimum Gasteiger partial charge on any atom is -0.373 e. The van der Waals surface area contributed by atoms with E-state index in [1.807, 2.05) is 0 Å². The quantitative estimate of drug-likeness (QED) is 0.469. The molecular weight excluding hydrogens is 405 g/mol. The smallest absolute Gasteiger partial charge is 0.194 e. The van der Waals surface area contributed by atoms with Gasteiger partial charge in [0.1, 0.15) is 0 Å². The van der Waals surface area contributed by atoms with Gasteiger partial charge in [-0.05, 0) is 55.2 Å². The van der Waals surface area contributed by atoms with E-state index in [-0.39, 0.29) is 12.2 Å². The lowest BCUT2D eigenvalue weighted by atomic mass is 9.74. The van der Waals surface area contributed by atoms with Gasteiger partial charge in [0, 0.05) is 11.8 Å². The van der Waals surface area contributed by atoms with E-state index in [4.69, 9.17) is 14.2 Å². The van der Waals surface area contributed by atoms with E-state index in [1.165, 1.54) is 44.9 Å². The first kappa shape index (κ1) is 23.1. The van der Waals surface area contributed by atoms with Crippen LogP contribution in [0.15, 0.2) is 12.1 Å². The third-order valence-corrected chi connectivity index (χ3v) is 7.55. The maximum Gasteiger partial charge on any atom is 0.194 e. The predicted octanol–water partition coefficient (Wildman–Crippen LogP) is 6.56. The normalized spacial score (nSPS) is 34.6. The summed E-state index contributed by atoms with van der Waals surface area (Å²) in [6.07, 6.45) is 9.94. The molecule has 6 heteroatoms. The summed E-state index contributed by atoms with van der Waals surface area (Å²) in [4.78, 5) is 0. The lowest BCUT2D eigenvalue weighted by molar-refractivity contribution is -0.248. The van der Waals surface area contributed by atoms with Crippen LogP contribution in [0.5, 0.6) is 0 Å². The molecule has 1 aliphatic carbocycles. The summed E-state index contributed by atoms with van der Waals surface area (Å²) in [5, 5.41) is 0. The van der Waals surface area contributed by atoms with Gasteiger partial charge in [-0.15, -0.1) is 0 Å². The highest BCUT2D eigenvalue weighted by Crippen LogP contribution is 2.39. The lowest BCUT2D eigenvalue weighted by Gasteiger charge is -2.41. The van der Waals surface area contributed by atoms with Crippen molar-refractivity contribution < 1.29 is 27.4 Å². The molecule has 0 bridgehead atoms. The molecule has 3 aliphatic rings. The van der Waals surface area contributed by atoms with Crippen molar-refractivity contribution in [3.63, 3.8) is 0 Å². The molecule has 1 aromatic carbocycles. The Labute approximate surface area is 183 Å². The van der Waals surface area contributed by atoms with E-state index in [9.17, 15) is 13.2 Å². The van der Waals surface area contributed by atoms with Crippen LogP contribution in [0.3, 0.4) is 0 Å². The summed E-state index contributed by atoms with van der Waals surface area (Å²) in [5.41, 5.74) is 0.343. The molecule has 0 aromatic heterocycles. The molecule has 31 heavy (non-hydrogen) atoms. The molecule has 1 aromatic rings. The van der Waals surface area contributed by atoms with Crippen LogP contribution in [0.25, 0.3) is 0 Å². The molecule has 2 saturated heterocycles. The third kappa shape index (κ3) is 5.63. The van der Waals surface area contributed by atoms with Crippen molar-refractivity contribution in [3.8, 4) is 0 Å². The zero-order chi connectivity index (χ0) is 21.8. The van der Waals surface area contributed by atoms with E-state index >= 15 is 0 Å². The Kier molecular flexibility index (Phi) is 7.94. The van der Waals surface area contributed by atoms with E-state index in [2.05, 4.69) is 6.92 Å². The minimum atomic E-state index is -1.44. The summed E-state index contributed by atoms with van der Waals surface area (Å²) in [6.45, 7) is 4.15. The maximum absolute atomic E-state index is 13.5. The van der Waals surface area contributed by atoms with Crippen molar-refractivity contribution in [1.82, 2.24) is 0 Å². The van der Waals surface area contributed by atoms with Crippen LogP contribution in [0.4, 0.5) is 13.2 Å². The number of hydrogen-bond donors (Lipinski definition) is 0. The van der Waals surface area contributed by atoms with Crippen molar-refractivity contribution >= 4 is 0 Å². The van der Waals surface area contributed by atoms with Crippen molar-refractivity contribution in [2.75, 3.05) is 19.8 Å². The molecule has 0 N–H and O–H groups in total. The fourth-order valence-electron chi connectivity index (χ4n) is 5.53. The fraction of sp³-hybridized carbons (Fsp3) is 0.760. The summed E-state index contributed by atoms with van der Waals surface area (Å²) in [6, 6.07) is 2.05. The van der Waals surface area contributed by atoms with E-state index in [0.29, 0.717) is 30.4 Å². The van der Waals surface area contributed by atoms with Gasteiger partial charge in [0.2, 0.25) is 0 Å². The highest BCUT2D eigenvalue weighted by atomic mass is 19.2. The number of halogens is 3. The van der Waals surface area contributed by atoms with Crippen molar-refractivity contribution in [3.05, 3.63) is 35.1 Å². The molecule has 0 spiro atoms. The Bertz CT molecular complexity index is 681. The van der Waals surface area contributed by atoms with Crippen molar-refractivity contribution in [2.24, 2.45) is 23.7 Å². The highest BCUT2D eigenvalue weighted by molar-refractivity contribution is 5.22. The van der Waals surface area contributed by atoms with Crippen LogP contribution < -0.4 is 0 Å². The van der Waals surface area contributed by atoms with Gasteiger partial charge in [-0.2, -0.15) is 0 Å². The topological polar surface area (TPSA) is 27.7 Å². The molecule has 174 valence electrons. The number of rotatable bonds is 6. The summed E-state index contributed by atoms with van der Waals surface area (Å²) >= 11 is 0. The van der Waals surface area contributed by atoms with Crippen molar-refractivity contribution in [2.45, 2.75) is 77.1 Å². The van der Waals surface area contributed by atoms with Gasteiger partial charge in [0.25, 0.3) is 0 Å². The van der Waals surface area contributed by atoms with E-state index in [1.54, 1.807) is 0 Å². The van der Waals surface area contributed by atoms with E-state index < -0.39 is 23.6 Å². The van der Waals surface area contributed by atoms with Gasteiger partial charge in [-0.1, -0.05) is 39.0 Å². The van der Waals surface area contributed by atoms with Gasteiger partial charge >= 0.3 is 0 Å². The summed E-state index contributed by atoms with van der Waals surface area (Å²) in [7, 11) is 0. The first-order valence-corrected chi connectivity index (χ1v) is 12.0. The zero-order valence-electron chi connectivity index (χ0n) is 18.5. The second kappa shape index (κ2) is 10.7. The molecule has 1 saturated carbocycles. The van der Waals surface area contributed by atoms with Crippen LogP contribution in [-0.2, 0) is 14.2 Å². The number of unbranched alkanes of at least 4 members (excludes halogenated alkanes) is 1. The van der Waals surface area contributed by atoms with Crippen LogP contribution in [0.2, 0.25) is 0 Å². The molecule has 2 atom stereocenters. The van der Waals surface area contributed by atoms with Gasteiger partial charge in [0.05, 0.1) is 25.9 Å². The summed E-state index contributed by atoms with van der Waals surface area (Å²) < 4.78 is 58.3. The Morgan fingerprint density at radius 3 is 1.97 bits per heavy atom. The minimum absolute atomic E-state index is 0.108. The zero-order valence-corrected chi connectivity index (χ0v) is 18.5. The molecule has 2 unspecified atom stereocenters. The van der Waals surface area contributed by atoms with E-state index in [0.717, 1.165) is 37.7 Å². The van der Waals surface area contributed by atoms with Crippen LogP contribution in [-0.4, -0.2) is 26.1 Å². The van der Waals surface area contributed by atoms with Crippen LogP contribution in [0, 0.1) is 41.1 Å². The summed E-state index contributed by atoms with van der Waals surface area (Å²) in [5.74, 6) is -1.59. The fourth-order valence-corrected chi connectivity index (χ4v) is 5.53. The average Bonchev–Trinajstić information content (AvgIpc) is 2.81. The first-order chi connectivity index (χ1) is 15.0. The van der Waals surface area contributed by atoms with Gasteiger partial charge in [-0.25, -0.2) is 13.2 Å². The average molecular weight is 441 g/mol. The first-order valence-electron chi connectivity index (χ1n) is 12.0. The maximum atomic E-state index is 13.5. The Morgan fingerprint density at radius 2 is 1.39 bits per heavy atom. The predicted molar refractivity (Wildman–Crippen MR) is 112 cm³/mol. The second-order valence-electron chi connectivity index (χ2n) is 9.68. The van der Waals surface area contributed by atoms with Crippen LogP contribution in [0.1, 0.15) is 76.4 Å². The molecular formula is C25H35F3O3. The molecule has 3 fully saturated rings. The molecule has 3 nitrogen and oxygen atoms in total. The van der Waals surface area contributed by atoms with Crippen LogP contribution >= 0.6 is 0 Å². The monoisotopic (exact) mass is 440 g/mol.